The first-order valence-electron chi connectivity index (χ1n) is 5.83. The van der Waals surface area contributed by atoms with Crippen LogP contribution in [0.1, 0.15) is 34.9 Å². The van der Waals surface area contributed by atoms with Gasteiger partial charge in [0, 0.05) is 11.1 Å². The molecule has 0 aliphatic carbocycles. The summed E-state index contributed by atoms with van der Waals surface area (Å²) in [6.45, 7) is 6.24. The van der Waals surface area contributed by atoms with Crippen LogP contribution in [-0.4, -0.2) is 27.1 Å². The maximum Gasteiger partial charge on any atom is 0.358 e. The largest absolute Gasteiger partial charge is 0.461 e. The minimum atomic E-state index is -0.403. The van der Waals surface area contributed by atoms with Gasteiger partial charge in [0.2, 0.25) is 0 Å². The van der Waals surface area contributed by atoms with E-state index in [0.29, 0.717) is 12.3 Å². The molecule has 2 heterocycles. The highest BCUT2D eigenvalue weighted by Gasteiger charge is 2.13. The van der Waals surface area contributed by atoms with Gasteiger partial charge in [0.05, 0.1) is 12.3 Å². The zero-order chi connectivity index (χ0) is 13.1. The number of carbonyl (C=O) groups is 1. The van der Waals surface area contributed by atoms with Crippen molar-refractivity contribution in [2.45, 2.75) is 27.2 Å². The Labute approximate surface area is 109 Å². The van der Waals surface area contributed by atoms with Crippen molar-refractivity contribution in [1.82, 2.24) is 14.5 Å². The maximum atomic E-state index is 11.5. The number of hydrogen-bond acceptors (Lipinski definition) is 5. The number of aryl methyl sites for hydroxylation is 2. The van der Waals surface area contributed by atoms with Gasteiger partial charge >= 0.3 is 5.97 Å². The van der Waals surface area contributed by atoms with Crippen LogP contribution >= 0.6 is 11.3 Å². The highest BCUT2D eigenvalue weighted by molar-refractivity contribution is 7.14. The van der Waals surface area contributed by atoms with Crippen LogP contribution < -0.4 is 0 Å². The van der Waals surface area contributed by atoms with Gasteiger partial charge in [-0.2, -0.15) is 0 Å². The lowest BCUT2D eigenvalue weighted by Gasteiger charge is -1.96. The summed E-state index contributed by atoms with van der Waals surface area (Å²) in [6.07, 6.45) is 4.14. The van der Waals surface area contributed by atoms with E-state index in [4.69, 9.17) is 4.74 Å². The lowest BCUT2D eigenvalue weighted by atomic mass is 10.3. The first kappa shape index (κ1) is 12.8. The second kappa shape index (κ2) is 5.30. The van der Waals surface area contributed by atoms with E-state index < -0.39 is 5.97 Å². The molecule has 0 aromatic carbocycles. The Kier molecular flexibility index (Phi) is 3.76. The molecule has 0 atom stereocenters. The molecule has 2 aromatic heterocycles. The molecule has 0 aliphatic heterocycles. The van der Waals surface area contributed by atoms with Crippen LogP contribution in [0, 0.1) is 6.92 Å². The van der Waals surface area contributed by atoms with E-state index in [9.17, 15) is 4.79 Å². The van der Waals surface area contributed by atoms with Crippen molar-refractivity contribution in [3.05, 3.63) is 28.8 Å². The molecule has 0 radical (unpaired) electrons. The molecule has 2 rings (SSSR count). The number of aromatic nitrogens is 3. The number of thiazole rings is 1. The molecule has 6 heteroatoms. The Morgan fingerprint density at radius 1 is 1.50 bits per heavy atom. The molecular weight excluding hydrogens is 250 g/mol. The molecule has 0 saturated heterocycles. The van der Waals surface area contributed by atoms with E-state index in [-0.39, 0.29) is 0 Å². The Hall–Kier alpha value is -1.69. The summed E-state index contributed by atoms with van der Waals surface area (Å²) in [5.41, 5.74) is 1.39. The fourth-order valence-electron chi connectivity index (χ4n) is 1.59. The van der Waals surface area contributed by atoms with Gasteiger partial charge in [-0.25, -0.2) is 14.8 Å². The van der Waals surface area contributed by atoms with Gasteiger partial charge in [0.15, 0.2) is 10.8 Å². The van der Waals surface area contributed by atoms with Crippen molar-refractivity contribution >= 4 is 17.3 Å². The first-order valence-corrected chi connectivity index (χ1v) is 6.65. The predicted octanol–water partition coefficient (Wildman–Crippen LogP) is 2.38. The number of hydrogen-bond donors (Lipinski definition) is 0. The third-order valence-electron chi connectivity index (χ3n) is 2.50. The molecular formula is C12H15N3O2S. The molecule has 5 nitrogen and oxygen atoms in total. The van der Waals surface area contributed by atoms with Crippen molar-refractivity contribution in [3.63, 3.8) is 0 Å². The molecule has 18 heavy (non-hydrogen) atoms. The van der Waals surface area contributed by atoms with Crippen LogP contribution in [0.4, 0.5) is 0 Å². The Morgan fingerprint density at radius 3 is 2.89 bits per heavy atom. The molecule has 2 aromatic rings. The fourth-order valence-corrected chi connectivity index (χ4v) is 2.53. The summed E-state index contributed by atoms with van der Waals surface area (Å²) in [6, 6.07) is 0. The number of ether oxygens (including phenoxy) is 1. The predicted molar refractivity (Wildman–Crippen MR) is 69.3 cm³/mol. The molecule has 0 saturated carbocycles. The first-order chi connectivity index (χ1) is 8.65. The highest BCUT2D eigenvalue weighted by Crippen LogP contribution is 2.21. The molecule has 0 spiro atoms. The van der Waals surface area contributed by atoms with Crippen LogP contribution in [0.5, 0.6) is 0 Å². The number of carbonyl (C=O) groups excluding carboxylic acids is 1. The smallest absolute Gasteiger partial charge is 0.358 e. The molecule has 0 unspecified atom stereocenters. The maximum absolute atomic E-state index is 11.5. The van der Waals surface area contributed by atoms with E-state index in [1.165, 1.54) is 4.88 Å². The van der Waals surface area contributed by atoms with Crippen LogP contribution in [-0.2, 0) is 11.2 Å². The topological polar surface area (TPSA) is 57.0 Å². The number of nitrogens with zero attached hydrogens (tertiary/aromatic N) is 3. The van der Waals surface area contributed by atoms with Crippen molar-refractivity contribution < 1.29 is 9.53 Å². The van der Waals surface area contributed by atoms with Crippen molar-refractivity contribution in [2.75, 3.05) is 6.61 Å². The van der Waals surface area contributed by atoms with E-state index in [2.05, 4.69) is 16.9 Å². The zero-order valence-corrected chi connectivity index (χ0v) is 11.5. The van der Waals surface area contributed by atoms with Gasteiger partial charge in [-0.1, -0.05) is 6.92 Å². The zero-order valence-electron chi connectivity index (χ0n) is 10.6. The average molecular weight is 265 g/mol. The molecule has 0 fully saturated rings. The minimum Gasteiger partial charge on any atom is -0.461 e. The molecule has 0 amide bonds. The molecule has 0 N–H and O–H groups in total. The number of imidazole rings is 1. The summed E-state index contributed by atoms with van der Waals surface area (Å²) in [7, 11) is 0. The van der Waals surface area contributed by atoms with Gasteiger partial charge < -0.3 is 4.74 Å². The minimum absolute atomic E-state index is 0.308. The highest BCUT2D eigenvalue weighted by atomic mass is 32.1. The second-order valence-electron chi connectivity index (χ2n) is 3.74. The Morgan fingerprint density at radius 2 is 2.28 bits per heavy atom. The summed E-state index contributed by atoms with van der Waals surface area (Å²) < 4.78 is 6.65. The van der Waals surface area contributed by atoms with E-state index in [1.54, 1.807) is 35.4 Å². The van der Waals surface area contributed by atoms with Crippen LogP contribution in [0.15, 0.2) is 12.5 Å². The molecule has 96 valence electrons. The number of esters is 1. The fraction of sp³-hybridized carbons (Fsp3) is 0.417. The normalized spacial score (nSPS) is 10.6. The second-order valence-corrected chi connectivity index (χ2v) is 4.92. The summed E-state index contributed by atoms with van der Waals surface area (Å²) in [4.78, 5) is 21.2. The average Bonchev–Trinajstić information content (AvgIpc) is 2.95. The van der Waals surface area contributed by atoms with Crippen LogP contribution in [0.3, 0.4) is 0 Å². The van der Waals surface area contributed by atoms with E-state index >= 15 is 0 Å². The molecule has 0 bridgehead atoms. The van der Waals surface area contributed by atoms with Crippen LogP contribution in [0.2, 0.25) is 0 Å². The summed E-state index contributed by atoms with van der Waals surface area (Å²) >= 11 is 1.59. The SMILES string of the molecule is CCOC(=O)c1cn(-c2nc(CC)c(C)s2)cn1. The standard InChI is InChI=1S/C12H15N3O2S/c1-4-9-8(3)18-12(14-9)15-6-10(13-7-15)11(16)17-5-2/h6-7H,4-5H2,1-3H3. The monoisotopic (exact) mass is 265 g/mol. The summed E-state index contributed by atoms with van der Waals surface area (Å²) in [5.74, 6) is -0.403. The Bertz CT molecular complexity index is 559. The van der Waals surface area contributed by atoms with Crippen LogP contribution in [0.25, 0.3) is 5.13 Å². The third kappa shape index (κ3) is 2.43. The molecule has 0 aliphatic rings. The quantitative estimate of drug-likeness (QED) is 0.796. The van der Waals surface area contributed by atoms with Gasteiger partial charge in [0.25, 0.3) is 0 Å². The van der Waals surface area contributed by atoms with E-state index in [1.807, 2.05) is 6.92 Å². The van der Waals surface area contributed by atoms with Gasteiger partial charge in [0.1, 0.15) is 6.33 Å². The third-order valence-corrected chi connectivity index (χ3v) is 3.53. The van der Waals surface area contributed by atoms with E-state index in [0.717, 1.165) is 17.2 Å². The van der Waals surface area contributed by atoms with Crippen molar-refractivity contribution in [3.8, 4) is 5.13 Å². The lowest BCUT2D eigenvalue weighted by Crippen LogP contribution is -2.04. The Balaban J connectivity index is 2.26. The lowest BCUT2D eigenvalue weighted by molar-refractivity contribution is 0.0520. The number of rotatable bonds is 4. The van der Waals surface area contributed by atoms with Crippen molar-refractivity contribution in [1.29, 1.82) is 0 Å². The van der Waals surface area contributed by atoms with Gasteiger partial charge in [-0.15, -0.1) is 11.3 Å². The summed E-state index contributed by atoms with van der Waals surface area (Å²) in [5, 5.41) is 0.826. The van der Waals surface area contributed by atoms with Crippen molar-refractivity contribution in [2.24, 2.45) is 0 Å². The van der Waals surface area contributed by atoms with Gasteiger partial charge in [-0.05, 0) is 20.3 Å². The van der Waals surface area contributed by atoms with Gasteiger partial charge in [-0.3, -0.25) is 4.57 Å².